The molecule has 0 N–H and O–H groups in total. The lowest BCUT2D eigenvalue weighted by molar-refractivity contribution is 0.0848. The second-order valence-electron chi connectivity index (χ2n) is 19.8. The molecule has 6 aliphatic rings. The van der Waals surface area contributed by atoms with Gasteiger partial charge in [-0.25, -0.2) is 15.0 Å². The minimum absolute atomic E-state index is 0.495. The van der Waals surface area contributed by atoms with Gasteiger partial charge in [0, 0.05) is 16.7 Å². The number of aromatic nitrogens is 3. The summed E-state index contributed by atoms with van der Waals surface area (Å²) < 4.78 is 0. The zero-order valence-corrected chi connectivity index (χ0v) is 36.7. The van der Waals surface area contributed by atoms with Crippen molar-refractivity contribution in [1.29, 1.82) is 0 Å². The molecule has 0 aliphatic heterocycles. The zero-order valence-electron chi connectivity index (χ0n) is 36.7. The molecule has 0 saturated heterocycles. The fourth-order valence-electron chi connectivity index (χ4n) is 13.7. The van der Waals surface area contributed by atoms with Crippen molar-refractivity contribution in [3.63, 3.8) is 0 Å². The van der Waals surface area contributed by atoms with Gasteiger partial charge >= 0.3 is 0 Å². The molecule has 1 aromatic heterocycles. The largest absolute Gasteiger partial charge is 0.208 e. The first-order valence-electron chi connectivity index (χ1n) is 24.0. The van der Waals surface area contributed by atoms with Crippen molar-refractivity contribution < 1.29 is 0 Å². The monoisotopic (exact) mass is 835 g/mol. The van der Waals surface area contributed by atoms with E-state index >= 15 is 0 Å². The number of allylic oxidation sites excluding steroid dienone is 4. The quantitative estimate of drug-likeness (QED) is 0.177. The van der Waals surface area contributed by atoms with Gasteiger partial charge in [-0.3, -0.25) is 0 Å². The summed E-state index contributed by atoms with van der Waals surface area (Å²) >= 11 is 0. The van der Waals surface area contributed by atoms with E-state index < -0.39 is 5.41 Å². The van der Waals surface area contributed by atoms with E-state index in [1.807, 2.05) is 36.4 Å². The predicted molar refractivity (Wildman–Crippen MR) is 264 cm³/mol. The van der Waals surface area contributed by atoms with Crippen molar-refractivity contribution >= 4 is 11.1 Å². The van der Waals surface area contributed by atoms with Gasteiger partial charge in [-0.2, -0.15) is 0 Å². The van der Waals surface area contributed by atoms with E-state index in [0.717, 1.165) is 47.3 Å². The Kier molecular flexibility index (Phi) is 8.21. The summed E-state index contributed by atoms with van der Waals surface area (Å²) in [7, 11) is 0. The Labute approximate surface area is 381 Å². The van der Waals surface area contributed by atoms with Gasteiger partial charge in [0.05, 0.1) is 5.41 Å². The molecule has 7 aromatic carbocycles. The van der Waals surface area contributed by atoms with Crippen molar-refractivity contribution in [3.05, 3.63) is 220 Å². The van der Waals surface area contributed by atoms with Crippen LogP contribution in [0.25, 0.3) is 67.6 Å². The maximum absolute atomic E-state index is 5.22. The van der Waals surface area contributed by atoms with Gasteiger partial charge in [0.1, 0.15) is 0 Å². The van der Waals surface area contributed by atoms with Gasteiger partial charge in [-0.1, -0.05) is 176 Å². The molecule has 1 spiro atoms. The summed E-state index contributed by atoms with van der Waals surface area (Å²) in [6.07, 6.45) is 10.4. The minimum Gasteiger partial charge on any atom is -0.208 e. The lowest BCUT2D eigenvalue weighted by atomic mass is 9.62. The van der Waals surface area contributed by atoms with E-state index in [2.05, 4.69) is 146 Å². The molecule has 2 saturated carbocycles. The number of hydrogen-bond donors (Lipinski definition) is 0. The Morgan fingerprint density at radius 1 is 0.431 bits per heavy atom. The molecule has 0 radical (unpaired) electrons. The maximum Gasteiger partial charge on any atom is 0.164 e. The third kappa shape index (κ3) is 5.51. The molecular formula is C62H49N3. The van der Waals surface area contributed by atoms with Crippen molar-refractivity contribution in [2.75, 3.05) is 0 Å². The number of benzene rings is 7. The Morgan fingerprint density at radius 2 is 1.00 bits per heavy atom. The Bertz CT molecular complexity index is 3220. The number of nitrogens with zero attached hydrogens (tertiary/aromatic N) is 3. The third-order valence-electron chi connectivity index (χ3n) is 16.6. The molecule has 2 bridgehead atoms. The van der Waals surface area contributed by atoms with E-state index in [4.69, 9.17) is 15.0 Å². The fourth-order valence-corrected chi connectivity index (χ4v) is 13.7. The Hall–Kier alpha value is -6.97. The Balaban J connectivity index is 0.959. The summed E-state index contributed by atoms with van der Waals surface area (Å²) in [6.45, 7) is 2.54. The summed E-state index contributed by atoms with van der Waals surface area (Å²) in [6, 6.07) is 62.7. The molecule has 5 unspecified atom stereocenters. The molecule has 8 aromatic rings. The van der Waals surface area contributed by atoms with Gasteiger partial charge in [-0.15, -0.1) is 0 Å². The third-order valence-corrected chi connectivity index (χ3v) is 16.6. The predicted octanol–water partition coefficient (Wildman–Crippen LogP) is 15.0. The summed E-state index contributed by atoms with van der Waals surface area (Å²) in [5.41, 5.74) is 22.0. The first-order chi connectivity index (χ1) is 32.1. The highest BCUT2D eigenvalue weighted by Gasteiger charge is 2.52. The van der Waals surface area contributed by atoms with E-state index in [0.29, 0.717) is 29.3 Å². The van der Waals surface area contributed by atoms with Gasteiger partial charge in [0.25, 0.3) is 0 Å². The second kappa shape index (κ2) is 14.3. The number of rotatable bonds is 4. The van der Waals surface area contributed by atoms with Crippen LogP contribution in [0.2, 0.25) is 0 Å². The summed E-state index contributed by atoms with van der Waals surface area (Å²) in [5.74, 6) is 6.10. The lowest BCUT2D eigenvalue weighted by Crippen LogP contribution is -2.34. The lowest BCUT2D eigenvalue weighted by Gasteiger charge is -2.43. The molecule has 2 fully saturated rings. The average Bonchev–Trinajstić information content (AvgIpc) is 3.97. The highest BCUT2D eigenvalue weighted by atomic mass is 15.0. The van der Waals surface area contributed by atoms with Crippen LogP contribution in [0.5, 0.6) is 0 Å². The van der Waals surface area contributed by atoms with Crippen molar-refractivity contribution in [1.82, 2.24) is 15.0 Å². The molecule has 6 aliphatic carbocycles. The van der Waals surface area contributed by atoms with Crippen LogP contribution in [0.1, 0.15) is 90.3 Å². The SMILES string of the molecule is CC1CC2CC3CC(CC23)c2ccccc2C2=C1CCC(c1ccc3c(c1)-c1ccc(-c4nc(-c5ccccc5)nc(-c5ccccc5)n4)cc1C31c3ccccc3-c3ccccc31)=C2. The molecule has 0 amide bonds. The highest BCUT2D eigenvalue weighted by molar-refractivity contribution is 5.97. The summed E-state index contributed by atoms with van der Waals surface area (Å²) in [4.78, 5) is 15.5. The molecule has 5 atom stereocenters. The molecule has 14 rings (SSSR count). The van der Waals surface area contributed by atoms with Crippen LogP contribution < -0.4 is 0 Å². The average molecular weight is 836 g/mol. The second-order valence-corrected chi connectivity index (χ2v) is 19.8. The minimum atomic E-state index is -0.495. The van der Waals surface area contributed by atoms with Crippen LogP contribution in [-0.4, -0.2) is 15.0 Å². The number of hydrogen-bond acceptors (Lipinski definition) is 3. The van der Waals surface area contributed by atoms with Crippen LogP contribution in [0.3, 0.4) is 0 Å². The first kappa shape index (κ1) is 37.4. The highest BCUT2D eigenvalue weighted by Crippen LogP contribution is 2.64. The van der Waals surface area contributed by atoms with Crippen LogP contribution in [0.15, 0.2) is 182 Å². The van der Waals surface area contributed by atoms with Crippen LogP contribution in [0, 0.1) is 23.7 Å². The first-order valence-corrected chi connectivity index (χ1v) is 24.0. The molecule has 3 nitrogen and oxygen atoms in total. The Morgan fingerprint density at radius 3 is 1.71 bits per heavy atom. The fraction of sp³-hybridized carbons (Fsp3) is 0.210. The van der Waals surface area contributed by atoms with Crippen LogP contribution >= 0.6 is 0 Å². The van der Waals surface area contributed by atoms with E-state index in [1.54, 1.807) is 11.1 Å². The van der Waals surface area contributed by atoms with Gasteiger partial charge < -0.3 is 0 Å². The zero-order chi connectivity index (χ0) is 42.8. The number of fused-ring (bicyclic) bond motifs is 14. The topological polar surface area (TPSA) is 38.7 Å². The van der Waals surface area contributed by atoms with Gasteiger partial charge in [0.2, 0.25) is 0 Å². The van der Waals surface area contributed by atoms with E-state index in [1.165, 1.54) is 92.5 Å². The van der Waals surface area contributed by atoms with E-state index in [-0.39, 0.29) is 0 Å². The molecule has 3 heteroatoms. The standard InChI is InChI=1S/C62H49N3/c1-37-30-43-31-44-32-45(35-52(43)44)47-18-8-9-19-48(47)53-33-40(24-27-46(37)53)41-26-29-57-54(34-41)51-28-25-42(36-58(51)62(57)55-22-12-10-20-49(55)50-21-11-13-23-56(50)62)61-64-59(38-14-4-2-5-15-38)63-60(65-61)39-16-6-3-7-17-39/h2-23,25-26,28-29,33-34,36-37,43-45,52H,24,27,30-32,35H2,1H3. The molecule has 65 heavy (non-hydrogen) atoms. The molecule has 1 heterocycles. The normalized spacial score (nSPS) is 22.5. The van der Waals surface area contributed by atoms with Crippen LogP contribution in [-0.2, 0) is 5.41 Å². The van der Waals surface area contributed by atoms with Crippen molar-refractivity contribution in [2.24, 2.45) is 23.7 Å². The smallest absolute Gasteiger partial charge is 0.164 e. The van der Waals surface area contributed by atoms with Crippen LogP contribution in [0.4, 0.5) is 0 Å². The molecular weight excluding hydrogens is 787 g/mol. The maximum atomic E-state index is 5.22. The van der Waals surface area contributed by atoms with Crippen molar-refractivity contribution in [2.45, 2.75) is 56.8 Å². The van der Waals surface area contributed by atoms with Crippen molar-refractivity contribution in [3.8, 4) is 56.4 Å². The van der Waals surface area contributed by atoms with Gasteiger partial charge in [0.15, 0.2) is 17.5 Å². The van der Waals surface area contributed by atoms with E-state index in [9.17, 15) is 0 Å². The summed E-state index contributed by atoms with van der Waals surface area (Å²) in [5, 5.41) is 0. The molecule has 312 valence electrons. The van der Waals surface area contributed by atoms with Gasteiger partial charge in [-0.05, 0) is 153 Å².